The highest BCUT2D eigenvalue weighted by molar-refractivity contribution is 5.95. The molecule has 0 aliphatic carbocycles. The lowest BCUT2D eigenvalue weighted by molar-refractivity contribution is -0.185. The van der Waals surface area contributed by atoms with Gasteiger partial charge in [-0.2, -0.15) is 0 Å². The average Bonchev–Trinajstić information content (AvgIpc) is 2.47. The fourth-order valence-electron chi connectivity index (χ4n) is 2.68. The van der Waals surface area contributed by atoms with Gasteiger partial charge in [-0.25, -0.2) is 0 Å². The summed E-state index contributed by atoms with van der Waals surface area (Å²) in [5.74, 6) is -2.19. The minimum Gasteiger partial charge on any atom is -0.377 e. The maximum atomic E-state index is 11.7. The van der Waals surface area contributed by atoms with Crippen molar-refractivity contribution in [2.24, 2.45) is 11.5 Å². The molecule has 6 heteroatoms. The molecule has 0 aromatic rings. The summed E-state index contributed by atoms with van der Waals surface area (Å²) in [5, 5.41) is 21.2. The Bertz CT molecular complexity index is 328. The summed E-state index contributed by atoms with van der Waals surface area (Å²) in [7, 11) is 0. The number of nitrogens with two attached hydrogens (primary N) is 2. The van der Waals surface area contributed by atoms with E-state index in [2.05, 4.69) is 0 Å². The normalized spacial score (nSPS) is 16.7. The van der Waals surface area contributed by atoms with Crippen LogP contribution in [0.3, 0.4) is 0 Å². The van der Waals surface area contributed by atoms with Crippen LogP contribution in [-0.4, -0.2) is 33.2 Å². The van der Waals surface area contributed by atoms with Gasteiger partial charge in [0, 0.05) is 0 Å². The molecular weight excluding hydrogens is 284 g/mol. The van der Waals surface area contributed by atoms with Crippen molar-refractivity contribution in [2.75, 3.05) is 0 Å². The van der Waals surface area contributed by atoms with Crippen LogP contribution in [0.25, 0.3) is 0 Å². The molecule has 2 amide bonds. The molecular formula is C16H32N2O4. The van der Waals surface area contributed by atoms with Gasteiger partial charge in [-0.05, 0) is 25.7 Å². The second kappa shape index (κ2) is 9.79. The van der Waals surface area contributed by atoms with E-state index in [1.165, 1.54) is 0 Å². The zero-order valence-corrected chi connectivity index (χ0v) is 13.9. The van der Waals surface area contributed by atoms with Crippen LogP contribution in [0.5, 0.6) is 0 Å². The van der Waals surface area contributed by atoms with Gasteiger partial charge >= 0.3 is 0 Å². The van der Waals surface area contributed by atoms with Gasteiger partial charge in [0.15, 0.2) is 11.2 Å². The molecule has 0 aliphatic rings. The first-order valence-electron chi connectivity index (χ1n) is 8.30. The molecule has 0 aliphatic heterocycles. The number of primary amides is 2. The second-order valence-corrected chi connectivity index (χ2v) is 6.07. The molecule has 0 aromatic carbocycles. The van der Waals surface area contributed by atoms with Crippen molar-refractivity contribution in [2.45, 2.75) is 89.3 Å². The Kier molecular flexibility index (Phi) is 9.28. The molecule has 6 nitrogen and oxygen atoms in total. The molecule has 0 unspecified atom stereocenters. The third-order valence-electron chi connectivity index (χ3n) is 4.28. The Hall–Kier alpha value is -1.14. The second-order valence-electron chi connectivity index (χ2n) is 6.07. The van der Waals surface area contributed by atoms with E-state index < -0.39 is 23.0 Å². The predicted molar refractivity (Wildman–Crippen MR) is 85.8 cm³/mol. The Labute approximate surface area is 133 Å². The number of hydrogen-bond donors (Lipinski definition) is 4. The number of hydrogen-bond acceptors (Lipinski definition) is 4. The minimum atomic E-state index is -2.31. The Balaban J connectivity index is 5.06. The first-order chi connectivity index (χ1) is 10.3. The molecule has 0 rings (SSSR count). The molecule has 0 radical (unpaired) electrons. The van der Waals surface area contributed by atoms with Gasteiger partial charge in [0.2, 0.25) is 0 Å². The molecule has 22 heavy (non-hydrogen) atoms. The summed E-state index contributed by atoms with van der Waals surface area (Å²) in [6, 6.07) is 0. The molecule has 130 valence electrons. The standard InChI is InChI=1S/C16H32N2O4/c1-3-5-7-9-11-15(21,13(17)19)16(22,14(18)20)12-10-8-6-4-2/h21-22H,3-12H2,1-2H3,(H2,17,19)(H2,18,20)/t15-,16-/m0/s1. The van der Waals surface area contributed by atoms with E-state index in [9.17, 15) is 19.8 Å². The largest absolute Gasteiger partial charge is 0.377 e. The summed E-state index contributed by atoms with van der Waals surface area (Å²) in [6.45, 7) is 4.07. The van der Waals surface area contributed by atoms with Gasteiger partial charge in [0.05, 0.1) is 0 Å². The van der Waals surface area contributed by atoms with E-state index in [4.69, 9.17) is 11.5 Å². The molecule has 0 bridgehead atoms. The summed E-state index contributed by atoms with van der Waals surface area (Å²) < 4.78 is 0. The van der Waals surface area contributed by atoms with Gasteiger partial charge in [0.25, 0.3) is 11.8 Å². The lowest BCUT2D eigenvalue weighted by Crippen LogP contribution is -2.67. The number of rotatable bonds is 13. The van der Waals surface area contributed by atoms with Crippen molar-refractivity contribution in [3.63, 3.8) is 0 Å². The molecule has 0 fully saturated rings. The summed E-state index contributed by atoms with van der Waals surface area (Å²) in [5.41, 5.74) is 5.95. The van der Waals surface area contributed by atoms with Crippen LogP contribution in [0.1, 0.15) is 78.1 Å². The Morgan fingerprint density at radius 2 is 1.05 bits per heavy atom. The Morgan fingerprint density at radius 1 is 0.727 bits per heavy atom. The zero-order valence-electron chi connectivity index (χ0n) is 13.9. The zero-order chi connectivity index (χ0) is 17.2. The highest BCUT2D eigenvalue weighted by atomic mass is 16.4. The smallest absolute Gasteiger partial charge is 0.253 e. The van der Waals surface area contributed by atoms with Gasteiger partial charge in [-0.1, -0.05) is 52.4 Å². The minimum absolute atomic E-state index is 0.0600. The van der Waals surface area contributed by atoms with Crippen LogP contribution in [0.2, 0.25) is 0 Å². The van der Waals surface area contributed by atoms with Crippen LogP contribution in [0, 0.1) is 0 Å². The van der Waals surface area contributed by atoms with E-state index in [0.717, 1.165) is 38.5 Å². The molecule has 2 atom stereocenters. The van der Waals surface area contributed by atoms with Crippen molar-refractivity contribution >= 4 is 11.8 Å². The van der Waals surface area contributed by atoms with Crippen molar-refractivity contribution < 1.29 is 19.8 Å². The number of amides is 2. The van der Waals surface area contributed by atoms with Crippen LogP contribution in [0.15, 0.2) is 0 Å². The molecule has 0 saturated heterocycles. The highest BCUT2D eigenvalue weighted by Gasteiger charge is 2.56. The molecule has 0 aromatic heterocycles. The van der Waals surface area contributed by atoms with Gasteiger partial charge < -0.3 is 21.7 Å². The van der Waals surface area contributed by atoms with E-state index in [0.29, 0.717) is 12.8 Å². The number of carbonyl (C=O) groups excluding carboxylic acids is 2. The SMILES string of the molecule is CCCCCC[C@](O)(C(N)=O)[C@](O)(CCCCCC)C(N)=O. The van der Waals surface area contributed by atoms with Crippen molar-refractivity contribution in [1.82, 2.24) is 0 Å². The molecule has 0 heterocycles. The quantitative estimate of drug-likeness (QED) is 0.383. The van der Waals surface area contributed by atoms with E-state index in [1.807, 2.05) is 13.8 Å². The van der Waals surface area contributed by atoms with Crippen molar-refractivity contribution in [1.29, 1.82) is 0 Å². The van der Waals surface area contributed by atoms with Crippen molar-refractivity contribution in [3.05, 3.63) is 0 Å². The highest BCUT2D eigenvalue weighted by Crippen LogP contribution is 2.33. The van der Waals surface area contributed by atoms with Crippen LogP contribution in [0.4, 0.5) is 0 Å². The monoisotopic (exact) mass is 316 g/mol. The maximum Gasteiger partial charge on any atom is 0.253 e. The van der Waals surface area contributed by atoms with E-state index in [-0.39, 0.29) is 12.8 Å². The summed E-state index contributed by atoms with van der Waals surface area (Å²) in [4.78, 5) is 23.5. The first kappa shape index (κ1) is 20.9. The van der Waals surface area contributed by atoms with E-state index in [1.54, 1.807) is 0 Å². The summed E-state index contributed by atoms with van der Waals surface area (Å²) >= 11 is 0. The van der Waals surface area contributed by atoms with E-state index >= 15 is 0 Å². The lowest BCUT2D eigenvalue weighted by Gasteiger charge is -2.39. The third kappa shape index (κ3) is 5.25. The van der Waals surface area contributed by atoms with Crippen LogP contribution >= 0.6 is 0 Å². The van der Waals surface area contributed by atoms with Crippen LogP contribution in [-0.2, 0) is 9.59 Å². The third-order valence-corrected chi connectivity index (χ3v) is 4.28. The number of carbonyl (C=O) groups is 2. The molecule has 6 N–H and O–H groups in total. The average molecular weight is 316 g/mol. The fourth-order valence-corrected chi connectivity index (χ4v) is 2.68. The topological polar surface area (TPSA) is 127 Å². The fraction of sp³-hybridized carbons (Fsp3) is 0.875. The lowest BCUT2D eigenvalue weighted by atomic mass is 9.74. The Morgan fingerprint density at radius 3 is 1.27 bits per heavy atom. The number of aliphatic hydroxyl groups is 2. The van der Waals surface area contributed by atoms with Crippen molar-refractivity contribution in [3.8, 4) is 0 Å². The maximum absolute atomic E-state index is 11.7. The van der Waals surface area contributed by atoms with Gasteiger partial charge in [0.1, 0.15) is 0 Å². The predicted octanol–water partition coefficient (Wildman–Crippen LogP) is 1.36. The van der Waals surface area contributed by atoms with Crippen LogP contribution < -0.4 is 11.5 Å². The summed E-state index contributed by atoms with van der Waals surface area (Å²) in [6.07, 6.45) is 6.33. The van der Waals surface area contributed by atoms with Gasteiger partial charge in [-0.3, -0.25) is 9.59 Å². The molecule has 0 spiro atoms. The first-order valence-corrected chi connectivity index (χ1v) is 8.30. The molecule has 0 saturated carbocycles. The number of unbranched alkanes of at least 4 members (excludes halogenated alkanes) is 6. The van der Waals surface area contributed by atoms with Gasteiger partial charge in [-0.15, -0.1) is 0 Å².